The number of hydrogen-bond donors (Lipinski definition) is 0. The van der Waals surface area contributed by atoms with Crippen molar-refractivity contribution in [2.75, 3.05) is 0 Å². The van der Waals surface area contributed by atoms with Crippen LogP contribution in [0.5, 0.6) is 0 Å². The first-order chi connectivity index (χ1) is 26.8. The highest BCUT2D eigenvalue weighted by molar-refractivity contribution is 5.42. The van der Waals surface area contributed by atoms with E-state index in [0.717, 1.165) is 0 Å². The summed E-state index contributed by atoms with van der Waals surface area (Å²) in [7, 11) is 0. The summed E-state index contributed by atoms with van der Waals surface area (Å²) in [4.78, 5) is 0. The minimum absolute atomic E-state index is 1.33. The Morgan fingerprint density at radius 3 is 0.574 bits per heavy atom. The molecule has 0 saturated heterocycles. The molecule has 0 aliphatic rings. The quantitative estimate of drug-likeness (QED) is 0.0583. The molecule has 1 aromatic rings. The van der Waals surface area contributed by atoms with E-state index in [1.807, 2.05) is 11.1 Å². The maximum absolute atomic E-state index is 2.63. The molecule has 0 spiro atoms. The third kappa shape index (κ3) is 31.3. The summed E-state index contributed by atoms with van der Waals surface area (Å²) in [5.41, 5.74) is 7.18. The second-order valence-electron chi connectivity index (χ2n) is 18.1. The number of rotatable bonds is 44. The summed E-state index contributed by atoms with van der Waals surface area (Å²) in [6.07, 6.45) is 62.9. The van der Waals surface area contributed by atoms with Crippen molar-refractivity contribution in [1.82, 2.24) is 0 Å². The maximum Gasteiger partial charge on any atom is -0.0273 e. The maximum atomic E-state index is 2.63. The van der Waals surface area contributed by atoms with Crippen LogP contribution in [0.3, 0.4) is 0 Å². The van der Waals surface area contributed by atoms with Gasteiger partial charge in [-0.15, -0.1) is 0 Å². The standard InChI is InChI=1S/C54H102/c1-5-9-13-17-21-25-29-33-37-41-45-51-49-50-52(46-42-38-34-30-26-22-18-14-10-6-2)54(48-44-40-36-32-28-24-20-16-12-8-4)53(51)47-43-39-35-31-27-23-19-15-11-7-3/h49-50H,5-48H2,1-4H3. The molecule has 54 heavy (non-hydrogen) atoms. The number of aryl methyl sites for hydroxylation is 2. The van der Waals surface area contributed by atoms with Crippen molar-refractivity contribution >= 4 is 0 Å². The highest BCUT2D eigenvalue weighted by Crippen LogP contribution is 2.28. The normalized spacial score (nSPS) is 11.6. The summed E-state index contributed by atoms with van der Waals surface area (Å²) in [5.74, 6) is 0. The monoisotopic (exact) mass is 751 g/mol. The average molecular weight is 751 g/mol. The largest absolute Gasteiger partial charge is 0.0654 e. The third-order valence-corrected chi connectivity index (χ3v) is 12.8. The van der Waals surface area contributed by atoms with E-state index in [1.54, 1.807) is 11.1 Å². The van der Waals surface area contributed by atoms with Gasteiger partial charge in [-0.3, -0.25) is 0 Å². The van der Waals surface area contributed by atoms with Gasteiger partial charge in [0.15, 0.2) is 0 Å². The zero-order chi connectivity index (χ0) is 38.8. The van der Waals surface area contributed by atoms with Gasteiger partial charge in [-0.25, -0.2) is 0 Å². The van der Waals surface area contributed by atoms with E-state index in [0.29, 0.717) is 0 Å². The second kappa shape index (κ2) is 41.8. The van der Waals surface area contributed by atoms with Gasteiger partial charge in [0.2, 0.25) is 0 Å². The van der Waals surface area contributed by atoms with E-state index < -0.39 is 0 Å². The van der Waals surface area contributed by atoms with E-state index in [1.165, 1.54) is 283 Å². The lowest BCUT2D eigenvalue weighted by Crippen LogP contribution is -2.07. The van der Waals surface area contributed by atoms with Crippen LogP contribution in [0.1, 0.15) is 307 Å². The smallest absolute Gasteiger partial charge is 0.0273 e. The van der Waals surface area contributed by atoms with E-state index in [2.05, 4.69) is 39.8 Å². The van der Waals surface area contributed by atoms with Crippen LogP contribution in [0.25, 0.3) is 0 Å². The van der Waals surface area contributed by atoms with Gasteiger partial charge in [-0.2, -0.15) is 0 Å². The molecule has 0 heteroatoms. The van der Waals surface area contributed by atoms with Crippen molar-refractivity contribution < 1.29 is 0 Å². The molecule has 0 heterocycles. The molecule has 0 nitrogen and oxygen atoms in total. The number of hydrogen-bond acceptors (Lipinski definition) is 0. The first-order valence-electron chi connectivity index (χ1n) is 25.9. The molecule has 0 amide bonds. The number of benzene rings is 1. The minimum Gasteiger partial charge on any atom is -0.0654 e. The fourth-order valence-electron chi connectivity index (χ4n) is 9.07. The van der Waals surface area contributed by atoms with Gasteiger partial charge in [0, 0.05) is 0 Å². The van der Waals surface area contributed by atoms with E-state index in [-0.39, 0.29) is 0 Å². The van der Waals surface area contributed by atoms with E-state index in [4.69, 9.17) is 0 Å². The van der Waals surface area contributed by atoms with E-state index in [9.17, 15) is 0 Å². The summed E-state index contributed by atoms with van der Waals surface area (Å²) >= 11 is 0. The molecule has 0 fully saturated rings. The van der Waals surface area contributed by atoms with Crippen LogP contribution < -0.4 is 0 Å². The van der Waals surface area contributed by atoms with E-state index >= 15 is 0 Å². The fraction of sp³-hybridized carbons (Fsp3) is 0.889. The van der Waals surface area contributed by atoms with Crippen LogP contribution in [-0.2, 0) is 25.7 Å². The molecule has 0 N–H and O–H groups in total. The zero-order valence-electron chi connectivity index (χ0n) is 38.3. The van der Waals surface area contributed by atoms with Crippen molar-refractivity contribution in [1.29, 1.82) is 0 Å². The summed E-state index contributed by atoms with van der Waals surface area (Å²) in [6.45, 7) is 9.32. The van der Waals surface area contributed by atoms with Crippen LogP contribution in [0.15, 0.2) is 12.1 Å². The molecular weight excluding hydrogens is 649 g/mol. The third-order valence-electron chi connectivity index (χ3n) is 12.8. The van der Waals surface area contributed by atoms with Gasteiger partial charge in [-0.1, -0.05) is 271 Å². The van der Waals surface area contributed by atoms with Crippen molar-refractivity contribution in [3.05, 3.63) is 34.4 Å². The molecular formula is C54H102. The Morgan fingerprint density at radius 2 is 0.370 bits per heavy atom. The Hall–Kier alpha value is -0.780. The molecule has 0 aromatic heterocycles. The Labute approximate surface area is 343 Å². The van der Waals surface area contributed by atoms with Gasteiger partial charge >= 0.3 is 0 Å². The Balaban J connectivity index is 2.82. The van der Waals surface area contributed by atoms with Crippen molar-refractivity contribution in [2.24, 2.45) is 0 Å². The average Bonchev–Trinajstić information content (AvgIpc) is 3.18. The highest BCUT2D eigenvalue weighted by atomic mass is 14.2. The minimum atomic E-state index is 1.33. The Morgan fingerprint density at radius 1 is 0.204 bits per heavy atom. The summed E-state index contributed by atoms with van der Waals surface area (Å²) in [5, 5.41) is 0. The summed E-state index contributed by atoms with van der Waals surface area (Å²) < 4.78 is 0. The van der Waals surface area contributed by atoms with Gasteiger partial charge in [0.1, 0.15) is 0 Å². The molecule has 0 aliphatic heterocycles. The summed E-state index contributed by atoms with van der Waals surface area (Å²) in [6, 6.07) is 5.26. The fourth-order valence-corrected chi connectivity index (χ4v) is 9.07. The Kier molecular flexibility index (Phi) is 39.7. The van der Waals surface area contributed by atoms with Crippen LogP contribution in [0, 0.1) is 0 Å². The van der Waals surface area contributed by atoms with Crippen LogP contribution in [-0.4, -0.2) is 0 Å². The van der Waals surface area contributed by atoms with Crippen molar-refractivity contribution in [2.45, 2.75) is 310 Å². The lowest BCUT2D eigenvalue weighted by molar-refractivity contribution is 0.549. The van der Waals surface area contributed by atoms with Crippen molar-refractivity contribution in [3.8, 4) is 0 Å². The van der Waals surface area contributed by atoms with Crippen LogP contribution in [0.4, 0.5) is 0 Å². The molecule has 1 aromatic carbocycles. The van der Waals surface area contributed by atoms with Gasteiger partial charge in [-0.05, 0) is 73.6 Å². The van der Waals surface area contributed by atoms with Crippen molar-refractivity contribution in [3.63, 3.8) is 0 Å². The molecule has 0 saturated carbocycles. The molecule has 1 rings (SSSR count). The lowest BCUT2D eigenvalue weighted by atomic mass is 9.85. The molecule has 0 aliphatic carbocycles. The molecule has 0 bridgehead atoms. The first-order valence-corrected chi connectivity index (χ1v) is 25.9. The molecule has 0 unspecified atom stereocenters. The molecule has 0 radical (unpaired) electrons. The van der Waals surface area contributed by atoms with Gasteiger partial charge in [0.25, 0.3) is 0 Å². The van der Waals surface area contributed by atoms with Gasteiger partial charge in [0.05, 0.1) is 0 Å². The van der Waals surface area contributed by atoms with Crippen LogP contribution in [0.2, 0.25) is 0 Å². The Bertz CT molecular complexity index is 794. The van der Waals surface area contributed by atoms with Gasteiger partial charge < -0.3 is 0 Å². The van der Waals surface area contributed by atoms with Crippen LogP contribution >= 0.6 is 0 Å². The lowest BCUT2D eigenvalue weighted by Gasteiger charge is -2.20. The second-order valence-corrected chi connectivity index (χ2v) is 18.1. The zero-order valence-corrected chi connectivity index (χ0v) is 38.3. The topological polar surface area (TPSA) is 0 Å². The molecule has 318 valence electrons. The SMILES string of the molecule is CCCCCCCCCCCCc1ccc(CCCCCCCCCCCC)c(CCCCCCCCCCCC)c1CCCCCCCCCCCC. The highest BCUT2D eigenvalue weighted by Gasteiger charge is 2.14. The first kappa shape index (κ1) is 51.2. The number of unbranched alkanes of at least 4 members (excludes halogenated alkanes) is 36. The predicted octanol–water partition coefficient (Wildman–Crippen LogP) is 19.5. The predicted molar refractivity (Wildman–Crippen MR) is 249 cm³/mol. The molecule has 0 atom stereocenters.